The molecule has 6 nitrogen and oxygen atoms in total. The van der Waals surface area contributed by atoms with Crippen molar-refractivity contribution in [2.45, 2.75) is 32.6 Å². The van der Waals surface area contributed by atoms with Gasteiger partial charge in [0.1, 0.15) is 0 Å². The molecule has 0 spiro atoms. The number of rotatable bonds is 6. The minimum Gasteiger partial charge on any atom is -0.452 e. The number of carbonyl (C=O) groups excluding carboxylic acids is 3. The van der Waals surface area contributed by atoms with E-state index in [0.29, 0.717) is 18.5 Å². The molecular formula is C22H24N2O4. The second kappa shape index (κ2) is 9.17. The fourth-order valence-electron chi connectivity index (χ4n) is 3.21. The first-order chi connectivity index (χ1) is 13.6. The number of hydrogen-bond donors (Lipinski definition) is 1. The molecule has 146 valence electrons. The van der Waals surface area contributed by atoms with Crippen molar-refractivity contribution >= 4 is 29.2 Å². The van der Waals surface area contributed by atoms with E-state index in [4.69, 9.17) is 4.74 Å². The number of carbonyl (C=O) groups is 3. The van der Waals surface area contributed by atoms with E-state index in [0.717, 1.165) is 36.2 Å². The van der Waals surface area contributed by atoms with E-state index in [1.807, 2.05) is 31.2 Å². The molecule has 2 aromatic carbocycles. The monoisotopic (exact) mass is 380 g/mol. The molecule has 0 radical (unpaired) electrons. The summed E-state index contributed by atoms with van der Waals surface area (Å²) in [4.78, 5) is 38.0. The summed E-state index contributed by atoms with van der Waals surface area (Å²) in [6, 6.07) is 14.2. The average molecular weight is 380 g/mol. The summed E-state index contributed by atoms with van der Waals surface area (Å²) in [5.41, 5.74) is 2.86. The highest BCUT2D eigenvalue weighted by Gasteiger charge is 2.20. The van der Waals surface area contributed by atoms with Crippen LogP contribution in [0.25, 0.3) is 0 Å². The second-order valence-electron chi connectivity index (χ2n) is 6.68. The number of nitrogens with one attached hydrogen (secondary N) is 1. The number of ether oxygens (including phenoxy) is 1. The number of nitrogens with zero attached hydrogens (tertiary/aromatic N) is 1. The molecule has 2 aromatic rings. The van der Waals surface area contributed by atoms with Crippen molar-refractivity contribution in [1.29, 1.82) is 0 Å². The van der Waals surface area contributed by atoms with Crippen molar-refractivity contribution in [3.05, 3.63) is 59.7 Å². The van der Waals surface area contributed by atoms with Crippen LogP contribution in [0.4, 0.5) is 11.4 Å². The van der Waals surface area contributed by atoms with Crippen molar-refractivity contribution in [3.8, 4) is 0 Å². The second-order valence-corrected chi connectivity index (χ2v) is 6.68. The van der Waals surface area contributed by atoms with Gasteiger partial charge in [-0.1, -0.05) is 25.1 Å². The Kier molecular flexibility index (Phi) is 6.42. The number of para-hydroxylation sites is 1. The molecule has 28 heavy (non-hydrogen) atoms. The molecule has 1 aliphatic rings. The first kappa shape index (κ1) is 19.6. The van der Waals surface area contributed by atoms with E-state index >= 15 is 0 Å². The number of aryl methyl sites for hydroxylation is 1. The normalized spacial score (nSPS) is 13.9. The summed E-state index contributed by atoms with van der Waals surface area (Å²) < 4.78 is 5.11. The molecule has 6 heteroatoms. The van der Waals surface area contributed by atoms with E-state index in [-0.39, 0.29) is 18.4 Å². The van der Waals surface area contributed by atoms with Crippen LogP contribution in [0.5, 0.6) is 0 Å². The van der Waals surface area contributed by atoms with Crippen LogP contribution in [-0.4, -0.2) is 30.9 Å². The first-order valence-corrected chi connectivity index (χ1v) is 9.54. The molecule has 1 fully saturated rings. The largest absolute Gasteiger partial charge is 0.452 e. The van der Waals surface area contributed by atoms with E-state index < -0.39 is 5.97 Å². The molecule has 1 saturated heterocycles. The van der Waals surface area contributed by atoms with Gasteiger partial charge in [0.2, 0.25) is 5.91 Å². The lowest BCUT2D eigenvalue weighted by Crippen LogP contribution is -2.35. The molecule has 1 heterocycles. The molecular weight excluding hydrogens is 356 g/mol. The summed E-state index contributed by atoms with van der Waals surface area (Å²) in [6.07, 6.45) is 3.25. The lowest BCUT2D eigenvalue weighted by atomic mass is 10.1. The summed E-state index contributed by atoms with van der Waals surface area (Å²) in [6.45, 7) is 2.34. The molecule has 0 unspecified atom stereocenters. The van der Waals surface area contributed by atoms with Gasteiger partial charge in [-0.25, -0.2) is 4.79 Å². The Morgan fingerprint density at radius 2 is 1.82 bits per heavy atom. The lowest BCUT2D eigenvalue weighted by Gasteiger charge is -2.26. The molecule has 0 saturated carbocycles. The number of hydrogen-bond acceptors (Lipinski definition) is 4. The Morgan fingerprint density at radius 3 is 2.54 bits per heavy atom. The van der Waals surface area contributed by atoms with Gasteiger partial charge < -0.3 is 15.0 Å². The lowest BCUT2D eigenvalue weighted by molar-refractivity contribution is -0.120. The first-order valence-electron chi connectivity index (χ1n) is 9.54. The maximum atomic E-state index is 12.2. The van der Waals surface area contributed by atoms with Crippen LogP contribution in [0.15, 0.2) is 48.5 Å². The minimum absolute atomic E-state index is 0.102. The molecule has 0 atom stereocenters. The van der Waals surface area contributed by atoms with Crippen molar-refractivity contribution in [2.75, 3.05) is 23.4 Å². The van der Waals surface area contributed by atoms with Crippen LogP contribution >= 0.6 is 0 Å². The third-order valence-electron chi connectivity index (χ3n) is 4.74. The Balaban J connectivity index is 1.54. The molecule has 2 amide bonds. The van der Waals surface area contributed by atoms with Crippen molar-refractivity contribution in [1.82, 2.24) is 0 Å². The summed E-state index contributed by atoms with van der Waals surface area (Å²) >= 11 is 0. The molecule has 1 aliphatic heterocycles. The van der Waals surface area contributed by atoms with Crippen molar-refractivity contribution in [3.63, 3.8) is 0 Å². The highest BCUT2D eigenvalue weighted by atomic mass is 16.5. The van der Waals surface area contributed by atoms with Crippen LogP contribution < -0.4 is 10.2 Å². The minimum atomic E-state index is -0.574. The third-order valence-corrected chi connectivity index (χ3v) is 4.74. The van der Waals surface area contributed by atoms with Crippen molar-refractivity contribution in [2.24, 2.45) is 0 Å². The molecule has 0 aliphatic carbocycles. The van der Waals surface area contributed by atoms with Gasteiger partial charge in [0, 0.05) is 24.3 Å². The van der Waals surface area contributed by atoms with E-state index in [1.165, 1.54) is 0 Å². The van der Waals surface area contributed by atoms with Gasteiger partial charge in [0.25, 0.3) is 5.91 Å². The average Bonchev–Trinajstić information content (AvgIpc) is 2.73. The predicted molar refractivity (Wildman–Crippen MR) is 107 cm³/mol. The Bertz CT molecular complexity index is 861. The Morgan fingerprint density at radius 1 is 1.07 bits per heavy atom. The van der Waals surface area contributed by atoms with Gasteiger partial charge >= 0.3 is 5.97 Å². The SMILES string of the molecule is CCc1ccccc1NC(=O)COC(=O)c1ccc(N2CCCCC2=O)cc1. The van der Waals surface area contributed by atoms with Gasteiger partial charge in [0.15, 0.2) is 6.61 Å². The van der Waals surface area contributed by atoms with Gasteiger partial charge in [-0.3, -0.25) is 9.59 Å². The number of piperidine rings is 1. The van der Waals surface area contributed by atoms with E-state index in [2.05, 4.69) is 5.32 Å². The molecule has 3 rings (SSSR count). The van der Waals surface area contributed by atoms with Crippen molar-refractivity contribution < 1.29 is 19.1 Å². The Hall–Kier alpha value is -3.15. The highest BCUT2D eigenvalue weighted by molar-refractivity contribution is 5.97. The quantitative estimate of drug-likeness (QED) is 0.778. The fourth-order valence-corrected chi connectivity index (χ4v) is 3.21. The van der Waals surface area contributed by atoms with Crippen LogP contribution in [-0.2, 0) is 20.7 Å². The van der Waals surface area contributed by atoms with Gasteiger partial charge in [-0.15, -0.1) is 0 Å². The van der Waals surface area contributed by atoms with E-state index in [1.54, 1.807) is 29.2 Å². The molecule has 0 aromatic heterocycles. The number of anilines is 2. The van der Waals surface area contributed by atoms with Crippen LogP contribution in [0, 0.1) is 0 Å². The standard InChI is InChI=1S/C22H24N2O4/c1-2-16-7-3-4-8-19(16)23-20(25)15-28-22(27)17-10-12-18(13-11-17)24-14-6-5-9-21(24)26/h3-4,7-8,10-13H,2,5-6,9,14-15H2,1H3,(H,23,25). The zero-order valence-electron chi connectivity index (χ0n) is 15.9. The topological polar surface area (TPSA) is 75.7 Å². The molecule has 1 N–H and O–H groups in total. The Labute approximate surface area is 164 Å². The van der Waals surface area contributed by atoms with Crippen LogP contribution in [0.3, 0.4) is 0 Å². The molecule has 0 bridgehead atoms. The van der Waals surface area contributed by atoms with Crippen LogP contribution in [0.1, 0.15) is 42.1 Å². The maximum absolute atomic E-state index is 12.2. The van der Waals surface area contributed by atoms with Gasteiger partial charge in [0.05, 0.1) is 5.56 Å². The summed E-state index contributed by atoms with van der Waals surface area (Å²) in [7, 11) is 0. The smallest absolute Gasteiger partial charge is 0.338 e. The number of esters is 1. The predicted octanol–water partition coefficient (Wildman–Crippen LogP) is 3.56. The van der Waals surface area contributed by atoms with E-state index in [9.17, 15) is 14.4 Å². The fraction of sp³-hybridized carbons (Fsp3) is 0.318. The zero-order chi connectivity index (χ0) is 19.9. The van der Waals surface area contributed by atoms with Gasteiger partial charge in [-0.05, 0) is 55.2 Å². The summed E-state index contributed by atoms with van der Waals surface area (Å²) in [5.74, 6) is -0.856. The van der Waals surface area contributed by atoms with Crippen LogP contribution in [0.2, 0.25) is 0 Å². The van der Waals surface area contributed by atoms with Gasteiger partial charge in [-0.2, -0.15) is 0 Å². The number of benzene rings is 2. The maximum Gasteiger partial charge on any atom is 0.338 e. The summed E-state index contributed by atoms with van der Waals surface area (Å²) in [5, 5.41) is 2.76. The number of amides is 2. The highest BCUT2D eigenvalue weighted by Crippen LogP contribution is 2.21. The third kappa shape index (κ3) is 4.76. The zero-order valence-corrected chi connectivity index (χ0v) is 15.9.